The molecule has 0 aliphatic carbocycles. The summed E-state index contributed by atoms with van der Waals surface area (Å²) in [5.74, 6) is 0.0864. The van der Waals surface area contributed by atoms with Crippen molar-refractivity contribution < 1.29 is 13.5 Å². The Bertz CT molecular complexity index is 1090. The van der Waals surface area contributed by atoms with Crippen LogP contribution in [-0.2, 0) is 6.42 Å². The summed E-state index contributed by atoms with van der Waals surface area (Å²) in [4.78, 5) is 8.94. The van der Waals surface area contributed by atoms with Gasteiger partial charge in [-0.15, -0.1) is 0 Å². The molecular formula is C35H48F2N2O. The van der Waals surface area contributed by atoms with Crippen LogP contribution in [0.4, 0.5) is 8.78 Å². The molecule has 1 aromatic heterocycles. The van der Waals surface area contributed by atoms with Crippen LogP contribution in [0.5, 0.6) is 5.75 Å². The lowest BCUT2D eigenvalue weighted by Gasteiger charge is -2.11. The van der Waals surface area contributed by atoms with E-state index in [1.165, 1.54) is 75.8 Å². The lowest BCUT2D eigenvalue weighted by molar-refractivity contribution is 0.218. The Labute approximate surface area is 240 Å². The van der Waals surface area contributed by atoms with Crippen molar-refractivity contribution in [1.82, 2.24) is 9.97 Å². The second-order valence-electron chi connectivity index (χ2n) is 10.9. The molecule has 0 spiro atoms. The van der Waals surface area contributed by atoms with E-state index in [-0.39, 0.29) is 18.8 Å². The molecule has 0 saturated carbocycles. The highest BCUT2D eigenvalue weighted by Crippen LogP contribution is 2.26. The molecule has 3 aromatic rings. The van der Waals surface area contributed by atoms with Crippen molar-refractivity contribution in [2.75, 3.05) is 6.61 Å². The van der Waals surface area contributed by atoms with Gasteiger partial charge in [-0.25, -0.2) is 18.7 Å². The molecule has 0 unspecified atom stereocenters. The summed E-state index contributed by atoms with van der Waals surface area (Å²) in [6, 6.07) is 13.3. The molecule has 1 heterocycles. The quantitative estimate of drug-likeness (QED) is 0.131. The largest absolute Gasteiger partial charge is 0.490 e. The fourth-order valence-corrected chi connectivity index (χ4v) is 4.93. The summed E-state index contributed by atoms with van der Waals surface area (Å²) in [5, 5.41) is 0. The molecule has 2 aromatic carbocycles. The van der Waals surface area contributed by atoms with Gasteiger partial charge in [-0.2, -0.15) is 0 Å². The van der Waals surface area contributed by atoms with Crippen LogP contribution in [0.15, 0.2) is 54.9 Å². The minimum Gasteiger partial charge on any atom is -0.490 e. The zero-order valence-electron chi connectivity index (χ0n) is 24.6. The Hall–Kier alpha value is -2.82. The van der Waals surface area contributed by atoms with Gasteiger partial charge in [0.15, 0.2) is 17.4 Å². The lowest BCUT2D eigenvalue weighted by atomic mass is 10.0. The van der Waals surface area contributed by atoms with Gasteiger partial charge in [-0.1, -0.05) is 109 Å². The van der Waals surface area contributed by atoms with Gasteiger partial charge in [0.1, 0.15) is 6.17 Å². The molecule has 0 saturated heterocycles. The molecular weight excluding hydrogens is 502 g/mol. The maximum atomic E-state index is 14.6. The van der Waals surface area contributed by atoms with E-state index in [0.29, 0.717) is 17.8 Å². The first-order chi connectivity index (χ1) is 19.6. The lowest BCUT2D eigenvalue weighted by Crippen LogP contribution is -2.08. The zero-order chi connectivity index (χ0) is 28.4. The third kappa shape index (κ3) is 11.3. The molecule has 0 aliphatic rings. The van der Waals surface area contributed by atoms with Crippen molar-refractivity contribution in [3.8, 4) is 28.3 Å². The fourth-order valence-electron chi connectivity index (χ4n) is 4.93. The highest BCUT2D eigenvalue weighted by Gasteiger charge is 2.11. The Balaban J connectivity index is 1.41. The predicted octanol–water partition coefficient (Wildman–Crippen LogP) is 10.7. The van der Waals surface area contributed by atoms with Crippen molar-refractivity contribution in [2.45, 2.75) is 116 Å². The maximum absolute atomic E-state index is 14.6. The number of aromatic nitrogens is 2. The van der Waals surface area contributed by atoms with Crippen LogP contribution in [0.25, 0.3) is 22.5 Å². The summed E-state index contributed by atoms with van der Waals surface area (Å²) >= 11 is 0. The van der Waals surface area contributed by atoms with Crippen molar-refractivity contribution >= 4 is 0 Å². The molecule has 0 radical (unpaired) electrons. The number of aryl methyl sites for hydroxylation is 1. The first-order valence-electron chi connectivity index (χ1n) is 15.6. The molecule has 3 nitrogen and oxygen atoms in total. The number of hydrogen-bond acceptors (Lipinski definition) is 3. The van der Waals surface area contributed by atoms with Crippen LogP contribution in [0, 0.1) is 5.82 Å². The monoisotopic (exact) mass is 550 g/mol. The van der Waals surface area contributed by atoms with E-state index in [0.717, 1.165) is 30.4 Å². The van der Waals surface area contributed by atoms with Crippen LogP contribution >= 0.6 is 0 Å². The second-order valence-corrected chi connectivity index (χ2v) is 10.9. The Morgan fingerprint density at radius 2 is 1.27 bits per heavy atom. The average molecular weight is 551 g/mol. The van der Waals surface area contributed by atoms with E-state index in [9.17, 15) is 8.78 Å². The number of ether oxygens (including phenoxy) is 1. The summed E-state index contributed by atoms with van der Waals surface area (Å²) in [6.07, 6.45) is 19.9. The minimum absolute atomic E-state index is 0.126. The van der Waals surface area contributed by atoms with E-state index in [2.05, 4.69) is 41.2 Å². The highest BCUT2D eigenvalue weighted by molar-refractivity contribution is 5.64. The molecule has 0 amide bonds. The van der Waals surface area contributed by atoms with Gasteiger partial charge in [-0.3, -0.25) is 0 Å². The molecule has 218 valence electrons. The predicted molar refractivity (Wildman–Crippen MR) is 163 cm³/mol. The van der Waals surface area contributed by atoms with Crippen LogP contribution in [-0.4, -0.2) is 22.7 Å². The highest BCUT2D eigenvalue weighted by atomic mass is 19.1. The first-order valence-corrected chi connectivity index (χ1v) is 15.6. The molecule has 0 fully saturated rings. The summed E-state index contributed by atoms with van der Waals surface area (Å²) < 4.78 is 33.9. The van der Waals surface area contributed by atoms with Crippen LogP contribution in [0.2, 0.25) is 0 Å². The molecule has 0 N–H and O–H groups in total. The normalized spacial score (nSPS) is 12.0. The van der Waals surface area contributed by atoms with Crippen molar-refractivity contribution in [1.29, 1.82) is 0 Å². The van der Waals surface area contributed by atoms with Gasteiger partial charge in [0.05, 0.1) is 6.61 Å². The SMILES string of the molecule is CCCCCCCCCCCCc1ccc(-c2cnc(-c3ccc(OCC[C@H](F)CCCC)c(F)c3)nc2)cc1. The first kappa shape index (κ1) is 31.7. The smallest absolute Gasteiger partial charge is 0.165 e. The van der Waals surface area contributed by atoms with Gasteiger partial charge in [0.2, 0.25) is 0 Å². The van der Waals surface area contributed by atoms with Crippen LogP contribution in [0.1, 0.15) is 109 Å². The number of benzene rings is 2. The number of alkyl halides is 1. The Morgan fingerprint density at radius 1 is 0.675 bits per heavy atom. The fraction of sp³-hybridized carbons (Fsp3) is 0.543. The summed E-state index contributed by atoms with van der Waals surface area (Å²) in [6.45, 7) is 4.46. The third-order valence-corrected chi connectivity index (χ3v) is 7.51. The summed E-state index contributed by atoms with van der Waals surface area (Å²) in [7, 11) is 0. The van der Waals surface area contributed by atoms with Crippen LogP contribution in [0.3, 0.4) is 0 Å². The van der Waals surface area contributed by atoms with E-state index >= 15 is 0 Å². The molecule has 1 atom stereocenters. The second kappa shape index (κ2) is 18.5. The van der Waals surface area contributed by atoms with E-state index in [4.69, 9.17) is 4.74 Å². The number of unbranched alkanes of at least 4 members (excludes halogenated alkanes) is 10. The van der Waals surface area contributed by atoms with Gasteiger partial charge in [0.25, 0.3) is 0 Å². The van der Waals surface area contributed by atoms with Crippen molar-refractivity contribution in [3.05, 3.63) is 66.2 Å². The van der Waals surface area contributed by atoms with E-state index in [1.54, 1.807) is 24.5 Å². The maximum Gasteiger partial charge on any atom is 0.165 e. The Kier molecular flexibility index (Phi) is 14.7. The molecule has 0 bridgehead atoms. The Morgan fingerprint density at radius 3 is 1.90 bits per heavy atom. The molecule has 5 heteroatoms. The standard InChI is InChI=1S/C35H48F2N2O/c1-3-5-7-8-9-10-11-12-13-14-15-28-17-19-29(20-18-28)31-26-38-35(39-27-31)30-21-22-34(33(37)25-30)40-24-23-32(36)16-6-4-2/h17-22,25-27,32H,3-16,23-24H2,1-2H3/t32-/m1/s1. The molecule has 0 aliphatic heterocycles. The topological polar surface area (TPSA) is 35.0 Å². The van der Waals surface area contributed by atoms with Crippen molar-refractivity contribution in [3.63, 3.8) is 0 Å². The number of rotatable bonds is 20. The van der Waals surface area contributed by atoms with E-state index in [1.807, 2.05) is 6.92 Å². The number of hydrogen-bond donors (Lipinski definition) is 0. The molecule has 40 heavy (non-hydrogen) atoms. The van der Waals surface area contributed by atoms with Gasteiger partial charge < -0.3 is 4.74 Å². The number of halogens is 2. The summed E-state index contributed by atoms with van der Waals surface area (Å²) in [5.41, 5.74) is 3.94. The van der Waals surface area contributed by atoms with Gasteiger partial charge >= 0.3 is 0 Å². The molecule has 3 rings (SSSR count). The number of nitrogens with zero attached hydrogens (tertiary/aromatic N) is 2. The third-order valence-electron chi connectivity index (χ3n) is 7.51. The van der Waals surface area contributed by atoms with Crippen LogP contribution < -0.4 is 4.74 Å². The van der Waals surface area contributed by atoms with E-state index < -0.39 is 12.0 Å². The van der Waals surface area contributed by atoms with Gasteiger partial charge in [0, 0.05) is 29.9 Å². The van der Waals surface area contributed by atoms with Crippen molar-refractivity contribution in [2.24, 2.45) is 0 Å². The average Bonchev–Trinajstić information content (AvgIpc) is 2.98. The minimum atomic E-state index is -0.907. The van der Waals surface area contributed by atoms with Gasteiger partial charge in [-0.05, 0) is 48.6 Å². The zero-order valence-corrected chi connectivity index (χ0v) is 24.6.